The minimum Gasteiger partial charge on any atom is -0.484 e. The van der Waals surface area contributed by atoms with Gasteiger partial charge in [-0.05, 0) is 36.8 Å². The van der Waals surface area contributed by atoms with Crippen molar-refractivity contribution in [2.24, 2.45) is 0 Å². The molecule has 5 nitrogen and oxygen atoms in total. The molecule has 2 aliphatic heterocycles. The minimum atomic E-state index is -0.606. The maximum atomic E-state index is 13.1. The number of nitrogens with zero attached hydrogens (tertiary/aromatic N) is 2. The van der Waals surface area contributed by atoms with Gasteiger partial charge in [-0.1, -0.05) is 19.1 Å². The highest BCUT2D eigenvalue weighted by Gasteiger charge is 2.47. The van der Waals surface area contributed by atoms with Crippen molar-refractivity contribution >= 4 is 33.2 Å². The lowest BCUT2D eigenvalue weighted by atomic mass is 9.89. The highest BCUT2D eigenvalue weighted by atomic mass is 32.1. The van der Waals surface area contributed by atoms with Crippen LogP contribution >= 0.6 is 11.3 Å². The highest BCUT2D eigenvalue weighted by molar-refractivity contribution is 7.18. The van der Waals surface area contributed by atoms with E-state index in [0.717, 1.165) is 21.6 Å². The van der Waals surface area contributed by atoms with E-state index in [0.29, 0.717) is 42.8 Å². The first-order valence-corrected chi connectivity index (χ1v) is 10.4. The summed E-state index contributed by atoms with van der Waals surface area (Å²) in [5, 5.41) is 1.08. The zero-order chi connectivity index (χ0) is 19.3. The number of rotatable bonds is 2. The van der Waals surface area contributed by atoms with Crippen molar-refractivity contribution in [3.8, 4) is 5.75 Å². The third-order valence-electron chi connectivity index (χ3n) is 5.58. The quantitative estimate of drug-likeness (QED) is 0.659. The molecule has 6 heteroatoms. The number of hydrogen-bond donors (Lipinski definition) is 0. The Hall–Kier alpha value is -2.73. The van der Waals surface area contributed by atoms with Gasteiger partial charge < -0.3 is 9.64 Å². The van der Waals surface area contributed by atoms with E-state index >= 15 is 0 Å². The highest BCUT2D eigenvalue weighted by Crippen LogP contribution is 2.39. The second-order valence-electron chi connectivity index (χ2n) is 7.50. The minimum absolute atomic E-state index is 0.0138. The molecule has 1 saturated heterocycles. The van der Waals surface area contributed by atoms with E-state index in [4.69, 9.17) is 4.74 Å². The standard InChI is InChI=1S/C22H20N2O3S/c1-2-20-23-16-8-7-14(11-19(16)28-20)21(26)24-10-9-22(13-24)12-17(25)15-5-3-4-6-18(15)27-22/h3-8,11H,2,9-10,12-13H2,1H3. The molecule has 1 aromatic heterocycles. The molecule has 28 heavy (non-hydrogen) atoms. The van der Waals surface area contributed by atoms with Crippen molar-refractivity contribution in [3.05, 3.63) is 58.6 Å². The number of ketones is 1. The summed E-state index contributed by atoms with van der Waals surface area (Å²) in [4.78, 5) is 32.0. The first kappa shape index (κ1) is 17.4. The molecule has 1 unspecified atom stereocenters. The number of ether oxygens (including phenoxy) is 1. The van der Waals surface area contributed by atoms with Crippen LogP contribution in [0.25, 0.3) is 10.2 Å². The topological polar surface area (TPSA) is 59.5 Å². The Morgan fingerprint density at radius 3 is 3.00 bits per heavy atom. The molecular weight excluding hydrogens is 372 g/mol. The second kappa shape index (κ2) is 6.41. The summed E-state index contributed by atoms with van der Waals surface area (Å²) in [6.07, 6.45) is 1.88. The summed E-state index contributed by atoms with van der Waals surface area (Å²) in [6, 6.07) is 13.1. The molecule has 1 atom stereocenters. The van der Waals surface area contributed by atoms with Gasteiger partial charge in [0.05, 0.1) is 33.8 Å². The average molecular weight is 392 g/mol. The number of Topliss-reactive ketones (excluding diaryl/α,β-unsaturated/α-hetero) is 1. The molecule has 1 spiro atoms. The van der Waals surface area contributed by atoms with E-state index in [-0.39, 0.29) is 11.7 Å². The van der Waals surface area contributed by atoms with Gasteiger partial charge in [-0.25, -0.2) is 4.98 Å². The zero-order valence-corrected chi connectivity index (χ0v) is 16.4. The summed E-state index contributed by atoms with van der Waals surface area (Å²) in [6.45, 7) is 3.11. The molecule has 0 radical (unpaired) electrons. The smallest absolute Gasteiger partial charge is 0.254 e. The van der Waals surface area contributed by atoms with Crippen molar-refractivity contribution in [3.63, 3.8) is 0 Å². The molecule has 3 heterocycles. The maximum Gasteiger partial charge on any atom is 0.254 e. The number of carbonyl (C=O) groups is 2. The third kappa shape index (κ3) is 2.79. The lowest BCUT2D eigenvalue weighted by Crippen LogP contribution is -2.45. The summed E-state index contributed by atoms with van der Waals surface area (Å²) in [5.74, 6) is 0.709. The third-order valence-corrected chi connectivity index (χ3v) is 6.74. The van der Waals surface area contributed by atoms with Crippen LogP contribution in [0.5, 0.6) is 5.75 Å². The molecule has 142 valence electrons. The fraction of sp³-hybridized carbons (Fsp3) is 0.318. The Labute approximate surface area is 166 Å². The number of likely N-dealkylation sites (tertiary alicyclic amines) is 1. The molecule has 3 aromatic rings. The molecule has 0 aliphatic carbocycles. The number of aromatic nitrogens is 1. The normalized spacial score (nSPS) is 21.2. The van der Waals surface area contributed by atoms with E-state index < -0.39 is 5.60 Å². The fourth-order valence-electron chi connectivity index (χ4n) is 4.13. The van der Waals surface area contributed by atoms with Crippen LogP contribution in [0.1, 0.15) is 45.5 Å². The lowest BCUT2D eigenvalue weighted by Gasteiger charge is -2.34. The number of thiazole rings is 1. The van der Waals surface area contributed by atoms with Crippen molar-refractivity contribution in [2.75, 3.05) is 13.1 Å². The number of benzene rings is 2. The van der Waals surface area contributed by atoms with Crippen molar-refractivity contribution in [2.45, 2.75) is 31.8 Å². The van der Waals surface area contributed by atoms with E-state index in [9.17, 15) is 9.59 Å². The first-order valence-electron chi connectivity index (χ1n) is 9.57. The Balaban J connectivity index is 1.39. The second-order valence-corrected chi connectivity index (χ2v) is 8.62. The van der Waals surface area contributed by atoms with E-state index in [1.165, 1.54) is 0 Å². The number of para-hydroxylation sites is 1. The number of hydrogen-bond acceptors (Lipinski definition) is 5. The SMILES string of the molecule is CCc1nc2ccc(C(=O)N3CCC4(CC(=O)c5ccccc5O4)C3)cc2s1. The predicted molar refractivity (Wildman–Crippen MR) is 108 cm³/mol. The number of fused-ring (bicyclic) bond motifs is 2. The van der Waals surface area contributed by atoms with Crippen LogP contribution in [0.3, 0.4) is 0 Å². The Morgan fingerprint density at radius 1 is 1.29 bits per heavy atom. The molecule has 1 fully saturated rings. The van der Waals surface area contributed by atoms with Crippen molar-refractivity contribution < 1.29 is 14.3 Å². The van der Waals surface area contributed by atoms with E-state index in [2.05, 4.69) is 11.9 Å². The van der Waals surface area contributed by atoms with Gasteiger partial charge in [0.1, 0.15) is 11.4 Å². The predicted octanol–water partition coefficient (Wildman–Crippen LogP) is 4.11. The lowest BCUT2D eigenvalue weighted by molar-refractivity contribution is 0.0428. The number of aryl methyl sites for hydroxylation is 1. The largest absolute Gasteiger partial charge is 0.484 e. The van der Waals surface area contributed by atoms with Gasteiger partial charge in [-0.2, -0.15) is 0 Å². The van der Waals surface area contributed by atoms with Crippen LogP contribution in [-0.2, 0) is 6.42 Å². The van der Waals surface area contributed by atoms with Crippen LogP contribution < -0.4 is 4.74 Å². The van der Waals surface area contributed by atoms with E-state index in [1.54, 1.807) is 17.4 Å². The summed E-state index contributed by atoms with van der Waals surface area (Å²) >= 11 is 1.63. The summed E-state index contributed by atoms with van der Waals surface area (Å²) in [7, 11) is 0. The van der Waals surface area contributed by atoms with Crippen LogP contribution in [0.15, 0.2) is 42.5 Å². The average Bonchev–Trinajstić information content (AvgIpc) is 3.30. The van der Waals surface area contributed by atoms with Crippen LogP contribution in [0.4, 0.5) is 0 Å². The molecule has 1 amide bonds. The van der Waals surface area contributed by atoms with Crippen molar-refractivity contribution in [1.29, 1.82) is 0 Å². The zero-order valence-electron chi connectivity index (χ0n) is 15.6. The van der Waals surface area contributed by atoms with Crippen molar-refractivity contribution in [1.82, 2.24) is 9.88 Å². The fourth-order valence-corrected chi connectivity index (χ4v) is 5.07. The summed E-state index contributed by atoms with van der Waals surface area (Å²) < 4.78 is 7.27. The van der Waals surface area contributed by atoms with Crippen LogP contribution in [0.2, 0.25) is 0 Å². The van der Waals surface area contributed by atoms with Gasteiger partial charge in [0.2, 0.25) is 0 Å². The molecule has 0 saturated carbocycles. The number of carbonyl (C=O) groups excluding carboxylic acids is 2. The molecule has 2 aromatic carbocycles. The Morgan fingerprint density at radius 2 is 2.14 bits per heavy atom. The van der Waals surface area contributed by atoms with Gasteiger partial charge in [-0.3, -0.25) is 9.59 Å². The summed E-state index contributed by atoms with van der Waals surface area (Å²) in [5.41, 5.74) is 1.64. The Bertz CT molecular complexity index is 1110. The van der Waals surface area contributed by atoms with Gasteiger partial charge >= 0.3 is 0 Å². The van der Waals surface area contributed by atoms with E-state index in [1.807, 2.05) is 41.3 Å². The maximum absolute atomic E-state index is 13.1. The van der Waals surface area contributed by atoms with Gasteiger partial charge in [0, 0.05) is 18.5 Å². The first-order chi connectivity index (χ1) is 13.6. The number of amides is 1. The molecule has 0 N–H and O–H groups in total. The Kier molecular flexibility index (Phi) is 3.98. The monoisotopic (exact) mass is 392 g/mol. The molecule has 0 bridgehead atoms. The van der Waals surface area contributed by atoms with Crippen LogP contribution in [0, 0.1) is 0 Å². The van der Waals surface area contributed by atoms with Crippen LogP contribution in [-0.4, -0.2) is 40.3 Å². The van der Waals surface area contributed by atoms with Gasteiger partial charge in [-0.15, -0.1) is 11.3 Å². The molecule has 2 aliphatic rings. The molecular formula is C22H20N2O3S. The molecule has 5 rings (SSSR count). The van der Waals surface area contributed by atoms with Gasteiger partial charge in [0.25, 0.3) is 5.91 Å². The van der Waals surface area contributed by atoms with Gasteiger partial charge in [0.15, 0.2) is 5.78 Å².